The predicted octanol–water partition coefficient (Wildman–Crippen LogP) is 2.91. The Hall–Kier alpha value is -2.20. The van der Waals surface area contributed by atoms with Gasteiger partial charge in [0.2, 0.25) is 10.0 Å². The van der Waals surface area contributed by atoms with Gasteiger partial charge in [-0.25, -0.2) is 17.9 Å². The molecule has 1 N–H and O–H groups in total. The molecule has 0 amide bonds. The summed E-state index contributed by atoms with van der Waals surface area (Å²) in [5.41, 5.74) is 0.623. The quantitative estimate of drug-likeness (QED) is 0.357. The summed E-state index contributed by atoms with van der Waals surface area (Å²) in [5, 5.41) is 0. The molecule has 1 saturated heterocycles. The highest BCUT2D eigenvalue weighted by atomic mass is 32.2. The molecule has 0 spiro atoms. The monoisotopic (exact) mass is 449 g/mol. The van der Waals surface area contributed by atoms with Crippen LogP contribution >= 0.6 is 11.8 Å². The summed E-state index contributed by atoms with van der Waals surface area (Å²) < 4.78 is 37.7. The highest BCUT2D eigenvalue weighted by molar-refractivity contribution is 7.98. The minimum Gasteiger partial charge on any atom is -0.454 e. The molecule has 2 aromatic carbocycles. The number of ether oxygens (including phenoxy) is 2. The van der Waals surface area contributed by atoms with Crippen molar-refractivity contribution in [3.8, 4) is 0 Å². The van der Waals surface area contributed by atoms with E-state index in [1.165, 1.54) is 24.3 Å². The minimum atomic E-state index is -3.70. The molecule has 0 aliphatic carbocycles. The van der Waals surface area contributed by atoms with Crippen molar-refractivity contribution in [2.24, 2.45) is 0 Å². The van der Waals surface area contributed by atoms with Crippen LogP contribution < -0.4 is 4.72 Å². The van der Waals surface area contributed by atoms with Gasteiger partial charge in [0.15, 0.2) is 12.4 Å². The number of rotatable bonds is 9. The molecule has 1 unspecified atom stereocenters. The largest absolute Gasteiger partial charge is 0.454 e. The molecule has 3 rings (SSSR count). The van der Waals surface area contributed by atoms with Gasteiger partial charge in [0.05, 0.1) is 16.6 Å². The van der Waals surface area contributed by atoms with Gasteiger partial charge in [-0.05, 0) is 55.5 Å². The maximum absolute atomic E-state index is 12.4. The van der Waals surface area contributed by atoms with Crippen molar-refractivity contribution in [3.05, 3.63) is 59.7 Å². The number of Topliss-reactive ketones (excluding diaryl/α,β-unsaturated/α-hetero) is 1. The van der Waals surface area contributed by atoms with E-state index in [1.807, 2.05) is 18.4 Å². The third kappa shape index (κ3) is 5.91. The van der Waals surface area contributed by atoms with Crippen LogP contribution in [0.15, 0.2) is 58.3 Å². The molecule has 1 heterocycles. The second kappa shape index (κ2) is 10.2. The fourth-order valence-corrected chi connectivity index (χ4v) is 4.41. The number of nitrogens with one attached hydrogen (secondary N) is 1. The third-order valence-electron chi connectivity index (χ3n) is 4.67. The molecule has 1 atom stereocenters. The van der Waals surface area contributed by atoms with E-state index in [1.54, 1.807) is 23.9 Å². The molecule has 0 saturated carbocycles. The van der Waals surface area contributed by atoms with Gasteiger partial charge < -0.3 is 9.47 Å². The molecule has 0 aromatic heterocycles. The lowest BCUT2D eigenvalue weighted by atomic mass is 10.1. The Morgan fingerprint density at radius 2 is 1.77 bits per heavy atom. The SMILES string of the molecule is CSc1ccc(C(=O)COC(=O)c2ccc(S(=O)(=O)NCC3CCCO3)cc2)cc1. The number of hydrogen-bond donors (Lipinski definition) is 1. The molecular weight excluding hydrogens is 426 g/mol. The number of hydrogen-bond acceptors (Lipinski definition) is 7. The van der Waals surface area contributed by atoms with Crippen LogP contribution in [0.3, 0.4) is 0 Å². The van der Waals surface area contributed by atoms with Crippen LogP contribution in [0, 0.1) is 0 Å². The zero-order valence-electron chi connectivity index (χ0n) is 16.5. The second-order valence-electron chi connectivity index (χ2n) is 6.74. The number of esters is 1. The normalized spacial score (nSPS) is 16.4. The fourth-order valence-electron chi connectivity index (χ4n) is 2.94. The van der Waals surface area contributed by atoms with E-state index in [9.17, 15) is 18.0 Å². The van der Waals surface area contributed by atoms with Crippen LogP contribution in [0.2, 0.25) is 0 Å². The molecule has 30 heavy (non-hydrogen) atoms. The molecule has 1 aliphatic rings. The van der Waals surface area contributed by atoms with E-state index in [-0.39, 0.29) is 35.5 Å². The van der Waals surface area contributed by atoms with E-state index < -0.39 is 16.0 Å². The van der Waals surface area contributed by atoms with Gasteiger partial charge in [-0.1, -0.05) is 12.1 Å². The first kappa shape index (κ1) is 22.5. The van der Waals surface area contributed by atoms with Crippen LogP contribution in [0.4, 0.5) is 0 Å². The van der Waals surface area contributed by atoms with Crippen molar-refractivity contribution < 1.29 is 27.5 Å². The van der Waals surface area contributed by atoms with Crippen molar-refractivity contribution in [1.29, 1.82) is 0 Å². The Bertz CT molecular complexity index is 981. The summed E-state index contributed by atoms with van der Waals surface area (Å²) in [4.78, 5) is 25.4. The molecular formula is C21H23NO6S2. The summed E-state index contributed by atoms with van der Waals surface area (Å²) in [6.45, 7) is 0.474. The maximum atomic E-state index is 12.4. The average Bonchev–Trinajstić information content (AvgIpc) is 3.30. The summed E-state index contributed by atoms with van der Waals surface area (Å²) in [6.07, 6.45) is 3.58. The Balaban J connectivity index is 1.54. The van der Waals surface area contributed by atoms with E-state index in [2.05, 4.69) is 4.72 Å². The lowest BCUT2D eigenvalue weighted by Crippen LogP contribution is -2.31. The Kier molecular flexibility index (Phi) is 7.65. The van der Waals surface area contributed by atoms with Crippen LogP contribution in [0.1, 0.15) is 33.6 Å². The number of carbonyl (C=O) groups excluding carboxylic acids is 2. The van der Waals surface area contributed by atoms with Crippen molar-refractivity contribution >= 4 is 33.5 Å². The molecule has 0 bridgehead atoms. The van der Waals surface area contributed by atoms with Gasteiger partial charge in [-0.15, -0.1) is 11.8 Å². The predicted molar refractivity (Wildman–Crippen MR) is 113 cm³/mol. The molecule has 1 aliphatic heterocycles. The first-order valence-corrected chi connectivity index (χ1v) is 12.2. The summed E-state index contributed by atoms with van der Waals surface area (Å²) in [7, 11) is -3.70. The zero-order valence-corrected chi connectivity index (χ0v) is 18.1. The van der Waals surface area contributed by atoms with Crippen molar-refractivity contribution in [2.45, 2.75) is 28.7 Å². The van der Waals surface area contributed by atoms with E-state index in [4.69, 9.17) is 9.47 Å². The first-order chi connectivity index (χ1) is 14.4. The molecule has 160 valence electrons. The van der Waals surface area contributed by atoms with Crippen molar-refractivity contribution in [2.75, 3.05) is 26.0 Å². The van der Waals surface area contributed by atoms with Crippen molar-refractivity contribution in [1.82, 2.24) is 4.72 Å². The first-order valence-electron chi connectivity index (χ1n) is 9.45. The van der Waals surface area contributed by atoms with Gasteiger partial charge in [-0.3, -0.25) is 4.79 Å². The lowest BCUT2D eigenvalue weighted by Gasteiger charge is -2.11. The summed E-state index contributed by atoms with van der Waals surface area (Å²) in [5.74, 6) is -1.01. The van der Waals surface area contributed by atoms with Crippen LogP contribution in [0.25, 0.3) is 0 Å². The highest BCUT2D eigenvalue weighted by Crippen LogP contribution is 2.16. The summed E-state index contributed by atoms with van der Waals surface area (Å²) in [6, 6.07) is 12.4. The number of ketones is 1. The topological polar surface area (TPSA) is 98.8 Å². The van der Waals surface area contributed by atoms with Gasteiger partial charge in [0.25, 0.3) is 0 Å². The summed E-state index contributed by atoms with van der Waals surface area (Å²) >= 11 is 1.57. The van der Waals surface area contributed by atoms with E-state index in [0.29, 0.717) is 12.2 Å². The van der Waals surface area contributed by atoms with Crippen LogP contribution in [-0.4, -0.2) is 52.3 Å². The molecule has 9 heteroatoms. The molecule has 1 fully saturated rings. The zero-order chi connectivity index (χ0) is 21.6. The standard InChI is InChI=1S/C21H23NO6S2/c1-29-18-8-4-15(5-9-18)20(23)14-28-21(24)16-6-10-19(11-7-16)30(25,26)22-13-17-3-2-12-27-17/h4-11,17,22H,2-3,12-14H2,1H3. The number of benzene rings is 2. The Morgan fingerprint density at radius 3 is 2.37 bits per heavy atom. The molecule has 0 radical (unpaired) electrons. The van der Waals surface area contributed by atoms with Gasteiger partial charge >= 0.3 is 5.97 Å². The van der Waals surface area contributed by atoms with E-state index >= 15 is 0 Å². The van der Waals surface area contributed by atoms with Gasteiger partial charge in [0.1, 0.15) is 0 Å². The fraction of sp³-hybridized carbons (Fsp3) is 0.333. The number of thioether (sulfide) groups is 1. The van der Waals surface area contributed by atoms with Crippen molar-refractivity contribution in [3.63, 3.8) is 0 Å². The molecule has 7 nitrogen and oxygen atoms in total. The lowest BCUT2D eigenvalue weighted by molar-refractivity contribution is 0.0474. The van der Waals surface area contributed by atoms with Crippen LogP contribution in [0.5, 0.6) is 0 Å². The maximum Gasteiger partial charge on any atom is 0.338 e. The van der Waals surface area contributed by atoms with Gasteiger partial charge in [0, 0.05) is 23.6 Å². The minimum absolute atomic E-state index is 0.0435. The highest BCUT2D eigenvalue weighted by Gasteiger charge is 2.21. The third-order valence-corrected chi connectivity index (χ3v) is 6.85. The van der Waals surface area contributed by atoms with Gasteiger partial charge in [-0.2, -0.15) is 0 Å². The molecule has 2 aromatic rings. The Labute approximate surface area is 180 Å². The number of sulfonamides is 1. The van der Waals surface area contributed by atoms with E-state index in [0.717, 1.165) is 17.7 Å². The smallest absolute Gasteiger partial charge is 0.338 e. The average molecular weight is 450 g/mol. The number of carbonyl (C=O) groups is 2. The second-order valence-corrected chi connectivity index (χ2v) is 9.39. The van der Waals surface area contributed by atoms with Crippen LogP contribution in [-0.2, 0) is 19.5 Å². The Morgan fingerprint density at radius 1 is 1.10 bits per heavy atom.